The summed E-state index contributed by atoms with van der Waals surface area (Å²) in [5, 5.41) is 1.27. The Morgan fingerprint density at radius 2 is 1.69 bits per heavy atom. The molecular formula is C24H20N2. The number of hydrogen-bond acceptors (Lipinski definition) is 1. The Morgan fingerprint density at radius 1 is 0.846 bits per heavy atom. The maximum atomic E-state index is 4.40. The first-order chi connectivity index (χ1) is 12.7. The highest BCUT2D eigenvalue weighted by Gasteiger charge is 2.24. The molecule has 2 heteroatoms. The van der Waals surface area contributed by atoms with E-state index in [0.29, 0.717) is 0 Å². The fraction of sp³-hybridized carbons (Fsp3) is 0.0833. The molecule has 2 heterocycles. The van der Waals surface area contributed by atoms with Gasteiger partial charge in [0.2, 0.25) is 0 Å². The Hall–Kier alpha value is -3.26. The van der Waals surface area contributed by atoms with Gasteiger partial charge in [0.05, 0.1) is 0 Å². The number of fused-ring (bicyclic) bond motifs is 2. The molecule has 126 valence electrons. The highest BCUT2D eigenvalue weighted by atomic mass is 15.2. The van der Waals surface area contributed by atoms with Gasteiger partial charge in [0.1, 0.15) is 0 Å². The minimum Gasteiger partial charge on any atom is -0.350 e. The van der Waals surface area contributed by atoms with Crippen LogP contribution < -0.4 is 4.90 Å². The average molecular weight is 336 g/mol. The van der Waals surface area contributed by atoms with Crippen molar-refractivity contribution >= 4 is 22.3 Å². The largest absolute Gasteiger partial charge is 0.350 e. The van der Waals surface area contributed by atoms with Crippen molar-refractivity contribution < 1.29 is 0 Å². The summed E-state index contributed by atoms with van der Waals surface area (Å²) in [5.74, 6) is 0. The van der Waals surface area contributed by atoms with Crippen LogP contribution in [0, 0.1) is 0 Å². The molecule has 0 atom stereocenters. The smallest absolute Gasteiger partial charge is 0.0498 e. The Balaban J connectivity index is 1.54. The second-order valence-corrected chi connectivity index (χ2v) is 6.94. The van der Waals surface area contributed by atoms with Crippen LogP contribution in [0.4, 0.5) is 5.69 Å². The Bertz CT molecular complexity index is 1140. The maximum Gasteiger partial charge on any atom is 0.0498 e. The maximum absolute atomic E-state index is 4.40. The van der Waals surface area contributed by atoms with E-state index in [-0.39, 0.29) is 0 Å². The molecular weight excluding hydrogens is 316 g/mol. The minimum atomic E-state index is 0.874. The molecule has 0 bridgehead atoms. The monoisotopic (exact) mass is 336 g/mol. The number of hydrogen-bond donors (Lipinski definition) is 0. The zero-order chi connectivity index (χ0) is 17.7. The lowest BCUT2D eigenvalue weighted by Crippen LogP contribution is -2.12. The van der Waals surface area contributed by atoms with Crippen molar-refractivity contribution in [3.05, 3.63) is 96.7 Å². The quantitative estimate of drug-likeness (QED) is 0.447. The summed E-state index contributed by atoms with van der Waals surface area (Å²) in [7, 11) is 2.09. The zero-order valence-electron chi connectivity index (χ0n) is 14.8. The summed E-state index contributed by atoms with van der Waals surface area (Å²) < 4.78 is 2.16. The van der Waals surface area contributed by atoms with E-state index in [1.165, 1.54) is 38.8 Å². The van der Waals surface area contributed by atoms with E-state index in [4.69, 9.17) is 0 Å². The highest BCUT2D eigenvalue weighted by molar-refractivity contribution is 5.90. The number of rotatable bonds is 2. The van der Waals surface area contributed by atoms with E-state index in [9.17, 15) is 0 Å². The summed E-state index contributed by atoms with van der Waals surface area (Å²) in [6.07, 6.45) is 2.11. The van der Waals surface area contributed by atoms with E-state index in [0.717, 1.165) is 12.2 Å². The molecule has 0 saturated heterocycles. The van der Waals surface area contributed by atoms with Gasteiger partial charge in [-0.15, -0.1) is 0 Å². The second kappa shape index (κ2) is 5.63. The molecule has 0 fully saturated rings. The van der Waals surface area contributed by atoms with Crippen LogP contribution in [0.3, 0.4) is 0 Å². The van der Waals surface area contributed by atoms with E-state index in [1.807, 2.05) is 0 Å². The molecule has 0 aliphatic carbocycles. The van der Waals surface area contributed by atoms with Crippen molar-refractivity contribution in [1.82, 2.24) is 4.57 Å². The molecule has 1 aliphatic heterocycles. The number of aromatic nitrogens is 1. The number of benzene rings is 3. The van der Waals surface area contributed by atoms with Crippen LogP contribution in [0.2, 0.25) is 0 Å². The third-order valence-corrected chi connectivity index (χ3v) is 5.37. The van der Waals surface area contributed by atoms with Crippen LogP contribution in [0.1, 0.15) is 11.1 Å². The molecule has 0 spiro atoms. The molecule has 0 radical (unpaired) electrons. The molecule has 0 unspecified atom stereocenters. The van der Waals surface area contributed by atoms with Crippen molar-refractivity contribution in [3.63, 3.8) is 0 Å². The lowest BCUT2D eigenvalue weighted by atomic mass is 10.00. The van der Waals surface area contributed by atoms with Gasteiger partial charge >= 0.3 is 0 Å². The van der Waals surface area contributed by atoms with Gasteiger partial charge in [0.15, 0.2) is 0 Å². The van der Waals surface area contributed by atoms with Crippen molar-refractivity contribution in [2.45, 2.75) is 6.54 Å². The van der Waals surface area contributed by atoms with Crippen molar-refractivity contribution in [2.75, 3.05) is 4.90 Å². The van der Waals surface area contributed by atoms with Crippen LogP contribution in [0.5, 0.6) is 0 Å². The summed E-state index contributed by atoms with van der Waals surface area (Å²) in [5.41, 5.74) is 8.58. The van der Waals surface area contributed by atoms with E-state index in [2.05, 4.69) is 102 Å². The normalized spacial score (nSPS) is 13.4. The highest BCUT2D eigenvalue weighted by Crippen LogP contribution is 2.38. The Morgan fingerprint density at radius 3 is 2.54 bits per heavy atom. The first kappa shape index (κ1) is 15.0. The lowest BCUT2D eigenvalue weighted by molar-refractivity contribution is 0.967. The first-order valence-electron chi connectivity index (χ1n) is 8.91. The third-order valence-electron chi connectivity index (χ3n) is 5.37. The molecule has 0 saturated carbocycles. The molecule has 5 rings (SSSR count). The third kappa shape index (κ3) is 2.26. The Kier molecular flexibility index (Phi) is 3.26. The SMILES string of the molecule is C=C1c2cc(-c3ccccc3)ccc2CN1c1ccc2ccn(C)c2c1. The molecule has 2 nitrogen and oxygen atoms in total. The summed E-state index contributed by atoms with van der Waals surface area (Å²) in [6.45, 7) is 5.27. The van der Waals surface area contributed by atoms with E-state index >= 15 is 0 Å². The van der Waals surface area contributed by atoms with Crippen LogP contribution in [-0.4, -0.2) is 4.57 Å². The van der Waals surface area contributed by atoms with Gasteiger partial charge in [0.25, 0.3) is 0 Å². The van der Waals surface area contributed by atoms with Crippen LogP contribution >= 0.6 is 0 Å². The molecule has 4 aromatic rings. The second-order valence-electron chi connectivity index (χ2n) is 6.94. The van der Waals surface area contributed by atoms with E-state index in [1.54, 1.807) is 0 Å². The fourth-order valence-corrected chi connectivity index (χ4v) is 3.87. The summed E-state index contributed by atoms with van der Waals surface area (Å²) in [6, 6.07) is 26.0. The number of anilines is 1. The summed E-state index contributed by atoms with van der Waals surface area (Å²) in [4.78, 5) is 2.31. The lowest BCUT2D eigenvalue weighted by Gasteiger charge is -2.20. The van der Waals surface area contributed by atoms with E-state index < -0.39 is 0 Å². The first-order valence-corrected chi connectivity index (χ1v) is 8.91. The zero-order valence-corrected chi connectivity index (χ0v) is 14.8. The van der Waals surface area contributed by atoms with Crippen LogP contribution in [0.15, 0.2) is 85.6 Å². The molecule has 1 aromatic heterocycles. The van der Waals surface area contributed by atoms with Crippen LogP contribution in [0.25, 0.3) is 27.7 Å². The molecule has 3 aromatic carbocycles. The van der Waals surface area contributed by atoms with Gasteiger partial charge in [-0.1, -0.05) is 55.1 Å². The minimum absolute atomic E-state index is 0.874. The van der Waals surface area contributed by atoms with Crippen molar-refractivity contribution in [2.24, 2.45) is 7.05 Å². The van der Waals surface area contributed by atoms with Crippen molar-refractivity contribution in [1.29, 1.82) is 0 Å². The number of nitrogens with zero attached hydrogens (tertiary/aromatic N) is 2. The van der Waals surface area contributed by atoms with Gasteiger partial charge in [-0.25, -0.2) is 0 Å². The Labute approximate surface area is 153 Å². The van der Waals surface area contributed by atoms with Crippen molar-refractivity contribution in [3.8, 4) is 11.1 Å². The molecule has 0 amide bonds. The molecule has 26 heavy (non-hydrogen) atoms. The predicted molar refractivity (Wildman–Crippen MR) is 110 cm³/mol. The fourth-order valence-electron chi connectivity index (χ4n) is 3.87. The number of aryl methyl sites for hydroxylation is 1. The van der Waals surface area contributed by atoms with Crippen LogP contribution in [-0.2, 0) is 13.6 Å². The average Bonchev–Trinajstić information content (AvgIpc) is 3.22. The summed E-state index contributed by atoms with van der Waals surface area (Å²) >= 11 is 0. The van der Waals surface area contributed by atoms with Gasteiger partial charge in [-0.05, 0) is 46.3 Å². The van der Waals surface area contributed by atoms with Gasteiger partial charge in [-0.3, -0.25) is 0 Å². The van der Waals surface area contributed by atoms with Gasteiger partial charge < -0.3 is 9.47 Å². The van der Waals surface area contributed by atoms with Gasteiger partial charge in [0, 0.05) is 42.3 Å². The predicted octanol–water partition coefficient (Wildman–Crippen LogP) is 5.84. The molecule has 0 N–H and O–H groups in total. The van der Waals surface area contributed by atoms with Gasteiger partial charge in [-0.2, -0.15) is 0 Å². The topological polar surface area (TPSA) is 8.17 Å². The standard InChI is InChI=1S/C24H20N2/c1-17-23-14-20(18-6-4-3-5-7-18)8-9-21(23)16-26(17)22-11-10-19-12-13-25(2)24(19)15-22/h3-15H,1,16H2,2H3. The molecule has 1 aliphatic rings.